The summed E-state index contributed by atoms with van der Waals surface area (Å²) in [5, 5.41) is 10.9. The van der Waals surface area contributed by atoms with Crippen molar-refractivity contribution < 1.29 is 14.5 Å². The number of Topliss-reactive ketones (excluding diaryl/α,β-unsaturated/α-hetero) is 1. The first-order valence-electron chi connectivity index (χ1n) is 7.40. The summed E-state index contributed by atoms with van der Waals surface area (Å²) in [4.78, 5) is 22.6. The fourth-order valence-electron chi connectivity index (χ4n) is 2.24. The van der Waals surface area contributed by atoms with Crippen molar-refractivity contribution in [3.63, 3.8) is 0 Å². The minimum Gasteiger partial charge on any atom is -0.485 e. The predicted octanol–water partition coefficient (Wildman–Crippen LogP) is 4.29. The summed E-state index contributed by atoms with van der Waals surface area (Å²) in [5.74, 6) is 0.598. The van der Waals surface area contributed by atoms with E-state index in [1.165, 1.54) is 6.07 Å². The van der Waals surface area contributed by atoms with E-state index in [-0.39, 0.29) is 18.1 Å². The molecule has 0 atom stereocenters. The Morgan fingerprint density at radius 1 is 1.17 bits per heavy atom. The molecule has 0 aliphatic carbocycles. The smallest absolute Gasteiger partial charge is 0.276 e. The van der Waals surface area contributed by atoms with Crippen molar-refractivity contribution in [3.8, 4) is 5.75 Å². The monoisotopic (exact) mass is 313 g/mol. The number of hydrogen-bond acceptors (Lipinski definition) is 4. The van der Waals surface area contributed by atoms with Crippen LogP contribution in [0, 0.1) is 17.0 Å². The van der Waals surface area contributed by atoms with Gasteiger partial charge in [-0.1, -0.05) is 44.2 Å². The van der Waals surface area contributed by atoms with Crippen molar-refractivity contribution >= 4 is 11.5 Å². The quantitative estimate of drug-likeness (QED) is 0.453. The largest absolute Gasteiger partial charge is 0.485 e. The standard InChI is InChI=1S/C18H19NO4/c1-12(2)14-7-9-15(10-8-14)17(20)11-23-18-6-4-5-16(13(18)3)19(21)22/h4-10,12H,11H2,1-3H3. The lowest BCUT2D eigenvalue weighted by atomic mass is 10.0. The lowest BCUT2D eigenvalue weighted by Gasteiger charge is -2.09. The topological polar surface area (TPSA) is 69.4 Å². The molecule has 5 heteroatoms. The molecule has 0 aliphatic rings. The van der Waals surface area contributed by atoms with E-state index in [0.29, 0.717) is 22.8 Å². The van der Waals surface area contributed by atoms with Gasteiger partial charge in [0, 0.05) is 11.6 Å². The predicted molar refractivity (Wildman–Crippen MR) is 88.2 cm³/mol. The molecule has 0 saturated heterocycles. The molecule has 0 unspecified atom stereocenters. The van der Waals surface area contributed by atoms with E-state index in [1.54, 1.807) is 31.2 Å². The van der Waals surface area contributed by atoms with Gasteiger partial charge >= 0.3 is 0 Å². The molecule has 2 aromatic carbocycles. The zero-order valence-electron chi connectivity index (χ0n) is 13.4. The molecular formula is C18H19NO4. The number of ether oxygens (including phenoxy) is 1. The van der Waals surface area contributed by atoms with E-state index in [9.17, 15) is 14.9 Å². The van der Waals surface area contributed by atoms with Crippen LogP contribution in [0.5, 0.6) is 5.75 Å². The van der Waals surface area contributed by atoms with Gasteiger partial charge in [0.05, 0.1) is 10.5 Å². The molecule has 0 N–H and O–H groups in total. The van der Waals surface area contributed by atoms with Crippen LogP contribution < -0.4 is 4.74 Å². The van der Waals surface area contributed by atoms with Gasteiger partial charge in [-0.2, -0.15) is 0 Å². The first kappa shape index (κ1) is 16.7. The molecule has 0 aromatic heterocycles. The van der Waals surface area contributed by atoms with Gasteiger partial charge in [-0.15, -0.1) is 0 Å². The molecule has 0 amide bonds. The maximum absolute atomic E-state index is 12.2. The number of benzene rings is 2. The zero-order valence-corrected chi connectivity index (χ0v) is 13.4. The van der Waals surface area contributed by atoms with Crippen molar-refractivity contribution in [2.45, 2.75) is 26.7 Å². The molecule has 5 nitrogen and oxygen atoms in total. The maximum Gasteiger partial charge on any atom is 0.276 e. The fourth-order valence-corrected chi connectivity index (χ4v) is 2.24. The molecular weight excluding hydrogens is 294 g/mol. The third-order valence-electron chi connectivity index (χ3n) is 3.71. The molecule has 2 aromatic rings. The van der Waals surface area contributed by atoms with Crippen molar-refractivity contribution in [1.29, 1.82) is 0 Å². The van der Waals surface area contributed by atoms with Crippen LogP contribution in [0.1, 0.15) is 41.3 Å². The normalized spacial score (nSPS) is 10.6. The number of nitro groups is 1. The summed E-state index contributed by atoms with van der Waals surface area (Å²) in [7, 11) is 0. The van der Waals surface area contributed by atoms with E-state index < -0.39 is 4.92 Å². The highest BCUT2D eigenvalue weighted by Crippen LogP contribution is 2.27. The third-order valence-corrected chi connectivity index (χ3v) is 3.71. The summed E-state index contributed by atoms with van der Waals surface area (Å²) >= 11 is 0. The maximum atomic E-state index is 12.2. The summed E-state index contributed by atoms with van der Waals surface area (Å²) in [6.07, 6.45) is 0. The lowest BCUT2D eigenvalue weighted by Crippen LogP contribution is -2.12. The van der Waals surface area contributed by atoms with E-state index in [1.807, 2.05) is 12.1 Å². The SMILES string of the molecule is Cc1c(OCC(=O)c2ccc(C(C)C)cc2)cccc1[N+](=O)[O-]. The number of nitro benzene ring substituents is 1. The molecule has 0 spiro atoms. The Balaban J connectivity index is 2.07. The van der Waals surface area contributed by atoms with Crippen molar-refractivity contribution in [1.82, 2.24) is 0 Å². The number of ketones is 1. The number of nitrogens with zero attached hydrogens (tertiary/aromatic N) is 1. The Morgan fingerprint density at radius 3 is 2.39 bits per heavy atom. The highest BCUT2D eigenvalue weighted by molar-refractivity contribution is 5.97. The van der Waals surface area contributed by atoms with Gasteiger partial charge in [0.25, 0.3) is 5.69 Å². The van der Waals surface area contributed by atoms with Crippen molar-refractivity contribution in [2.75, 3.05) is 6.61 Å². The average Bonchev–Trinajstić information content (AvgIpc) is 2.53. The Bertz CT molecular complexity index is 720. The van der Waals surface area contributed by atoms with Crippen LogP contribution in [0.2, 0.25) is 0 Å². The Labute approximate surface area is 135 Å². The van der Waals surface area contributed by atoms with Gasteiger partial charge in [0.2, 0.25) is 0 Å². The van der Waals surface area contributed by atoms with Crippen LogP contribution in [0.15, 0.2) is 42.5 Å². The summed E-state index contributed by atoms with van der Waals surface area (Å²) in [5.41, 5.74) is 2.13. The Morgan fingerprint density at radius 2 is 1.83 bits per heavy atom. The summed E-state index contributed by atoms with van der Waals surface area (Å²) in [6, 6.07) is 12.0. The lowest BCUT2D eigenvalue weighted by molar-refractivity contribution is -0.385. The van der Waals surface area contributed by atoms with Crippen molar-refractivity contribution in [2.24, 2.45) is 0 Å². The summed E-state index contributed by atoms with van der Waals surface area (Å²) in [6.45, 7) is 5.63. The van der Waals surface area contributed by atoms with Crippen LogP contribution >= 0.6 is 0 Å². The molecule has 0 aliphatic heterocycles. The second-order valence-electron chi connectivity index (χ2n) is 5.65. The van der Waals surface area contributed by atoms with Crippen LogP contribution in [0.3, 0.4) is 0 Å². The van der Waals surface area contributed by atoms with Gasteiger partial charge in [-0.25, -0.2) is 0 Å². The Kier molecular flexibility index (Phi) is 5.11. The minimum atomic E-state index is -0.464. The molecule has 0 heterocycles. The first-order chi connectivity index (χ1) is 10.9. The van der Waals surface area contributed by atoms with Gasteiger partial charge in [-0.3, -0.25) is 14.9 Å². The van der Waals surface area contributed by atoms with Crippen LogP contribution in [-0.2, 0) is 0 Å². The van der Waals surface area contributed by atoms with Crippen LogP contribution in [0.25, 0.3) is 0 Å². The van der Waals surface area contributed by atoms with Gasteiger partial charge in [0.1, 0.15) is 5.75 Å². The van der Waals surface area contributed by atoms with E-state index in [0.717, 1.165) is 5.56 Å². The Hall–Kier alpha value is -2.69. The minimum absolute atomic E-state index is 0.0174. The molecule has 2 rings (SSSR count). The molecule has 120 valence electrons. The number of carbonyl (C=O) groups excluding carboxylic acids is 1. The molecule has 23 heavy (non-hydrogen) atoms. The highest BCUT2D eigenvalue weighted by atomic mass is 16.6. The van der Waals surface area contributed by atoms with Gasteiger partial charge in [-0.05, 0) is 24.5 Å². The van der Waals surface area contributed by atoms with E-state index >= 15 is 0 Å². The van der Waals surface area contributed by atoms with E-state index in [4.69, 9.17) is 4.74 Å². The van der Waals surface area contributed by atoms with E-state index in [2.05, 4.69) is 13.8 Å². The van der Waals surface area contributed by atoms with Crippen LogP contribution in [-0.4, -0.2) is 17.3 Å². The highest BCUT2D eigenvalue weighted by Gasteiger charge is 2.15. The molecule has 0 fully saturated rings. The summed E-state index contributed by atoms with van der Waals surface area (Å²) < 4.78 is 5.47. The first-order valence-corrected chi connectivity index (χ1v) is 7.40. The molecule has 0 saturated carbocycles. The van der Waals surface area contributed by atoms with Crippen molar-refractivity contribution in [3.05, 3.63) is 69.3 Å². The van der Waals surface area contributed by atoms with Gasteiger partial charge < -0.3 is 4.74 Å². The van der Waals surface area contributed by atoms with Gasteiger partial charge in [0.15, 0.2) is 12.4 Å². The second-order valence-corrected chi connectivity index (χ2v) is 5.65. The molecule has 0 bridgehead atoms. The fraction of sp³-hybridized carbons (Fsp3) is 0.278. The number of rotatable bonds is 6. The molecule has 0 radical (unpaired) electrons. The average molecular weight is 313 g/mol. The third kappa shape index (κ3) is 3.94. The second kappa shape index (κ2) is 7.05. The number of hydrogen-bond donors (Lipinski definition) is 0. The number of carbonyl (C=O) groups is 1. The van der Waals surface area contributed by atoms with Crippen LogP contribution in [0.4, 0.5) is 5.69 Å². The zero-order chi connectivity index (χ0) is 17.0.